The van der Waals surface area contributed by atoms with Gasteiger partial charge in [0.25, 0.3) is 0 Å². The molecule has 0 aliphatic rings. The number of hydrogen-bond donors (Lipinski definition) is 1. The van der Waals surface area contributed by atoms with Gasteiger partial charge in [0.1, 0.15) is 22.5 Å². The lowest BCUT2D eigenvalue weighted by Crippen LogP contribution is -2.14. The molecule has 0 aliphatic carbocycles. The molecule has 0 saturated heterocycles. The number of rotatable bonds is 5. The predicted molar refractivity (Wildman–Crippen MR) is 101 cm³/mol. The highest BCUT2D eigenvalue weighted by Gasteiger charge is 2.23. The van der Waals surface area contributed by atoms with Gasteiger partial charge in [0.05, 0.1) is 0 Å². The van der Waals surface area contributed by atoms with Crippen LogP contribution in [-0.2, 0) is 0 Å². The van der Waals surface area contributed by atoms with Crippen LogP contribution in [-0.4, -0.2) is 20.1 Å². The second-order valence-corrected chi connectivity index (χ2v) is 6.87. The zero-order valence-electron chi connectivity index (χ0n) is 15.2. The Hall–Kier alpha value is -2.36. The highest BCUT2D eigenvalue weighted by molar-refractivity contribution is 5.75. The van der Waals surface area contributed by atoms with Gasteiger partial charge in [-0.2, -0.15) is 0 Å². The first-order chi connectivity index (χ1) is 11.4. The Kier molecular flexibility index (Phi) is 5.60. The average molecular weight is 325 g/mol. The number of unbranched alkanes of at least 4 members (excludes halogenated alkanes) is 1. The van der Waals surface area contributed by atoms with Crippen molar-refractivity contribution < 1.29 is 5.11 Å². The van der Waals surface area contributed by atoms with Gasteiger partial charge in [-0.1, -0.05) is 64.5 Å². The molecule has 2 rings (SSSR count). The Bertz CT molecular complexity index is 756. The number of allylic oxidation sites excluding steroid dienone is 5. The molecule has 0 bridgehead atoms. The highest BCUT2D eigenvalue weighted by Crippen LogP contribution is 2.32. The van der Waals surface area contributed by atoms with Gasteiger partial charge in [0, 0.05) is 5.57 Å². The van der Waals surface area contributed by atoms with Gasteiger partial charge in [0.15, 0.2) is 0 Å². The molecule has 0 amide bonds. The minimum atomic E-state index is -0.186. The molecule has 0 radical (unpaired) electrons. The third kappa shape index (κ3) is 3.94. The van der Waals surface area contributed by atoms with Crippen LogP contribution in [0.1, 0.15) is 47.5 Å². The van der Waals surface area contributed by atoms with Crippen molar-refractivity contribution >= 4 is 16.7 Å². The molecule has 2 aromatic rings. The third-order valence-electron chi connectivity index (χ3n) is 3.77. The van der Waals surface area contributed by atoms with Crippen LogP contribution in [0, 0.1) is 5.41 Å². The Morgan fingerprint density at radius 2 is 1.75 bits per heavy atom. The molecule has 128 valence electrons. The molecule has 0 atom stereocenters. The number of nitrogens with zero attached hydrogens (tertiary/aromatic N) is 3. The number of aliphatic hydroxyl groups is 1. The van der Waals surface area contributed by atoms with E-state index in [1.165, 1.54) is 0 Å². The van der Waals surface area contributed by atoms with Gasteiger partial charge in [-0.05, 0) is 30.9 Å². The first-order valence-electron chi connectivity index (χ1n) is 8.48. The van der Waals surface area contributed by atoms with Crippen molar-refractivity contribution in [3.05, 3.63) is 53.8 Å². The minimum absolute atomic E-state index is 0.186. The number of fused-ring (bicyclic) bond motifs is 1. The number of aliphatic hydroxyl groups excluding tert-OH is 1. The quantitative estimate of drug-likeness (QED) is 0.583. The molecule has 0 saturated carbocycles. The van der Waals surface area contributed by atoms with Gasteiger partial charge in [-0.15, -0.1) is 15.0 Å². The van der Waals surface area contributed by atoms with E-state index in [0.717, 1.165) is 29.4 Å². The Balaban J connectivity index is 2.63. The topological polar surface area (TPSA) is 50.9 Å². The van der Waals surface area contributed by atoms with E-state index in [2.05, 4.69) is 37.9 Å². The summed E-state index contributed by atoms with van der Waals surface area (Å²) >= 11 is 0. The fourth-order valence-corrected chi connectivity index (χ4v) is 2.51. The first-order valence-corrected chi connectivity index (χ1v) is 8.48. The summed E-state index contributed by atoms with van der Waals surface area (Å²) < 4.78 is 0. The van der Waals surface area contributed by atoms with Crippen LogP contribution in [0.5, 0.6) is 0 Å². The molecular formula is C20H27N3O. The fourth-order valence-electron chi connectivity index (χ4n) is 2.51. The SMILES string of the molecule is C/C=C/C(=C(O)\C(=C/CCC)n1nc2ccccc2n1)C(C)(C)C. The molecule has 0 spiro atoms. The lowest BCUT2D eigenvalue weighted by atomic mass is 9.84. The second kappa shape index (κ2) is 7.47. The van der Waals surface area contributed by atoms with Crippen LogP contribution in [0.15, 0.2) is 53.8 Å². The van der Waals surface area contributed by atoms with Crippen molar-refractivity contribution in [3.8, 4) is 0 Å². The van der Waals surface area contributed by atoms with Crippen molar-refractivity contribution in [2.24, 2.45) is 5.41 Å². The normalized spacial score (nSPS) is 14.5. The maximum Gasteiger partial charge on any atom is 0.146 e. The van der Waals surface area contributed by atoms with E-state index in [4.69, 9.17) is 0 Å². The Morgan fingerprint density at radius 1 is 1.17 bits per heavy atom. The largest absolute Gasteiger partial charge is 0.505 e. The summed E-state index contributed by atoms with van der Waals surface area (Å²) in [6.07, 6.45) is 7.75. The van der Waals surface area contributed by atoms with Crippen LogP contribution in [0.4, 0.5) is 0 Å². The molecule has 4 heteroatoms. The first kappa shape index (κ1) is 18.0. The average Bonchev–Trinajstić information content (AvgIpc) is 2.95. The summed E-state index contributed by atoms with van der Waals surface area (Å²) in [6, 6.07) is 7.72. The molecular weight excluding hydrogens is 298 g/mol. The van der Waals surface area contributed by atoms with Gasteiger partial charge < -0.3 is 5.11 Å². The summed E-state index contributed by atoms with van der Waals surface area (Å²) in [4.78, 5) is 1.55. The van der Waals surface area contributed by atoms with Gasteiger partial charge >= 0.3 is 0 Å². The van der Waals surface area contributed by atoms with E-state index in [9.17, 15) is 5.11 Å². The number of benzene rings is 1. The van der Waals surface area contributed by atoms with Crippen molar-refractivity contribution in [3.63, 3.8) is 0 Å². The summed E-state index contributed by atoms with van der Waals surface area (Å²) in [5.41, 5.74) is 2.95. The molecule has 0 fully saturated rings. The van der Waals surface area contributed by atoms with Crippen LogP contribution in [0.3, 0.4) is 0 Å². The van der Waals surface area contributed by atoms with Crippen molar-refractivity contribution in [2.75, 3.05) is 0 Å². The summed E-state index contributed by atoms with van der Waals surface area (Å²) in [6.45, 7) is 10.3. The van der Waals surface area contributed by atoms with E-state index in [1.54, 1.807) is 4.80 Å². The lowest BCUT2D eigenvalue weighted by Gasteiger charge is -2.22. The maximum atomic E-state index is 11.0. The molecule has 4 nitrogen and oxygen atoms in total. The zero-order valence-corrected chi connectivity index (χ0v) is 15.2. The molecule has 1 N–H and O–H groups in total. The summed E-state index contributed by atoms with van der Waals surface area (Å²) in [5.74, 6) is 0.231. The van der Waals surface area contributed by atoms with E-state index < -0.39 is 0 Å². The minimum Gasteiger partial charge on any atom is -0.505 e. The van der Waals surface area contributed by atoms with Crippen molar-refractivity contribution in [1.29, 1.82) is 0 Å². The van der Waals surface area contributed by atoms with Crippen LogP contribution >= 0.6 is 0 Å². The van der Waals surface area contributed by atoms with Gasteiger partial charge in [-0.3, -0.25) is 0 Å². The standard InChI is InChI=1S/C20H27N3O/c1-6-8-14-18(19(24)15(11-7-2)20(3,4)5)23-21-16-12-9-10-13-17(16)22-23/h7,9-14,24H,6,8H2,1-5H3/b11-7+,18-14+,19-15-. The van der Waals surface area contributed by atoms with E-state index in [-0.39, 0.29) is 11.2 Å². The van der Waals surface area contributed by atoms with Crippen LogP contribution < -0.4 is 0 Å². The van der Waals surface area contributed by atoms with Crippen molar-refractivity contribution in [2.45, 2.75) is 47.5 Å². The fraction of sp³-hybridized carbons (Fsp3) is 0.400. The smallest absolute Gasteiger partial charge is 0.146 e. The predicted octanol–water partition coefficient (Wildman–Crippen LogP) is 5.51. The summed E-state index contributed by atoms with van der Waals surface area (Å²) in [7, 11) is 0. The van der Waals surface area contributed by atoms with E-state index in [0.29, 0.717) is 5.70 Å². The Labute approximate surface area is 144 Å². The monoisotopic (exact) mass is 325 g/mol. The molecule has 1 aromatic heterocycles. The van der Waals surface area contributed by atoms with Gasteiger partial charge in [-0.25, -0.2) is 0 Å². The number of hydrogen-bond acceptors (Lipinski definition) is 3. The maximum absolute atomic E-state index is 11.0. The molecule has 0 unspecified atom stereocenters. The van der Waals surface area contributed by atoms with Gasteiger partial charge in [0.2, 0.25) is 0 Å². The lowest BCUT2D eigenvalue weighted by molar-refractivity contribution is 0.394. The zero-order chi connectivity index (χ0) is 17.7. The molecule has 1 aromatic carbocycles. The highest BCUT2D eigenvalue weighted by atomic mass is 16.3. The second-order valence-electron chi connectivity index (χ2n) is 6.87. The third-order valence-corrected chi connectivity index (χ3v) is 3.77. The summed E-state index contributed by atoms with van der Waals surface area (Å²) in [5, 5.41) is 20.1. The molecule has 0 aliphatic heterocycles. The number of aromatic nitrogens is 3. The van der Waals surface area contributed by atoms with E-state index in [1.807, 2.05) is 49.4 Å². The van der Waals surface area contributed by atoms with Crippen molar-refractivity contribution in [1.82, 2.24) is 15.0 Å². The molecule has 24 heavy (non-hydrogen) atoms. The molecule has 1 heterocycles. The van der Waals surface area contributed by atoms with E-state index >= 15 is 0 Å². The Morgan fingerprint density at radius 3 is 2.21 bits per heavy atom. The van der Waals surface area contributed by atoms with Crippen LogP contribution in [0.25, 0.3) is 16.7 Å². The van der Waals surface area contributed by atoms with Crippen LogP contribution in [0.2, 0.25) is 0 Å².